The molecule has 1 aliphatic heterocycles. The van der Waals surface area contributed by atoms with Gasteiger partial charge in [0.25, 0.3) is 5.91 Å². The van der Waals surface area contributed by atoms with E-state index >= 15 is 0 Å². The molecule has 0 aliphatic carbocycles. The molecule has 4 rings (SSSR count). The summed E-state index contributed by atoms with van der Waals surface area (Å²) in [5, 5.41) is 2.60. The molecule has 3 aromatic carbocycles. The van der Waals surface area contributed by atoms with Crippen molar-refractivity contribution in [2.24, 2.45) is 0 Å². The van der Waals surface area contributed by atoms with Crippen molar-refractivity contribution in [1.29, 1.82) is 0 Å². The van der Waals surface area contributed by atoms with Gasteiger partial charge in [-0.15, -0.1) is 0 Å². The van der Waals surface area contributed by atoms with E-state index in [1.165, 1.54) is 47.1 Å². The van der Waals surface area contributed by atoms with E-state index in [-0.39, 0.29) is 37.2 Å². The number of rotatable bonds is 9. The predicted octanol–water partition coefficient (Wildman–Crippen LogP) is 2.79. The molecule has 0 unspecified atom stereocenters. The Morgan fingerprint density at radius 3 is 2.26 bits per heavy atom. The van der Waals surface area contributed by atoms with Gasteiger partial charge in [0, 0.05) is 43.9 Å². The molecule has 1 saturated heterocycles. The first-order chi connectivity index (χ1) is 20.0. The summed E-state index contributed by atoms with van der Waals surface area (Å²) in [4.78, 5) is 55.8. The van der Waals surface area contributed by atoms with E-state index < -0.39 is 53.7 Å². The Hall–Kier alpha value is -4.87. The average molecular weight is 583 g/mol. The predicted molar refractivity (Wildman–Crippen MR) is 147 cm³/mol. The Labute approximate surface area is 240 Å². The van der Waals surface area contributed by atoms with E-state index in [1.54, 1.807) is 24.3 Å². The standard InChI is InChI=1S/C30H29F3N4O5/c1-35(24-6-8-25(42-2)9-7-24)30(41)26(14-19-12-22(32)16-23(33)13-19)34-27(38)17-36-10-11-37(18-28(36)39)29(40)20-4-3-5-21(31)15-20/h3-9,12-13,15-16,26H,10-11,14,17-18H2,1-2H3,(H,34,38)/t26-/m0/s1. The van der Waals surface area contributed by atoms with E-state index in [1.807, 2.05) is 0 Å². The molecule has 0 spiro atoms. The lowest BCUT2D eigenvalue weighted by atomic mass is 10.0. The van der Waals surface area contributed by atoms with Crippen molar-refractivity contribution in [2.75, 3.05) is 45.2 Å². The number of carbonyl (C=O) groups excluding carboxylic acids is 4. The molecule has 1 fully saturated rings. The summed E-state index contributed by atoms with van der Waals surface area (Å²) >= 11 is 0. The molecule has 220 valence electrons. The zero-order chi connectivity index (χ0) is 30.4. The molecule has 4 amide bonds. The normalized spacial score (nSPS) is 13.9. The van der Waals surface area contributed by atoms with Gasteiger partial charge in [0.15, 0.2) is 0 Å². The van der Waals surface area contributed by atoms with Crippen molar-refractivity contribution in [2.45, 2.75) is 12.5 Å². The lowest BCUT2D eigenvalue weighted by Crippen LogP contribution is -2.56. The highest BCUT2D eigenvalue weighted by atomic mass is 19.1. The Morgan fingerprint density at radius 2 is 1.64 bits per heavy atom. The van der Waals surface area contributed by atoms with Gasteiger partial charge in [0.1, 0.15) is 35.8 Å². The number of amides is 4. The van der Waals surface area contributed by atoms with Crippen LogP contribution in [0.2, 0.25) is 0 Å². The number of anilines is 1. The fraction of sp³-hybridized carbons (Fsp3) is 0.267. The van der Waals surface area contributed by atoms with Crippen molar-refractivity contribution in [3.8, 4) is 5.75 Å². The molecule has 9 nitrogen and oxygen atoms in total. The number of hydrogen-bond acceptors (Lipinski definition) is 5. The highest BCUT2D eigenvalue weighted by molar-refractivity contribution is 6.00. The Kier molecular flexibility index (Phi) is 9.46. The van der Waals surface area contributed by atoms with Crippen LogP contribution < -0.4 is 15.0 Å². The molecule has 3 aromatic rings. The van der Waals surface area contributed by atoms with Crippen molar-refractivity contribution in [1.82, 2.24) is 15.1 Å². The van der Waals surface area contributed by atoms with Gasteiger partial charge in [-0.25, -0.2) is 13.2 Å². The zero-order valence-corrected chi connectivity index (χ0v) is 23.0. The second-order valence-corrected chi connectivity index (χ2v) is 9.75. The van der Waals surface area contributed by atoms with Gasteiger partial charge in [-0.1, -0.05) is 6.07 Å². The van der Waals surface area contributed by atoms with Crippen LogP contribution in [0.4, 0.5) is 18.9 Å². The van der Waals surface area contributed by atoms with E-state index in [0.29, 0.717) is 17.5 Å². The van der Waals surface area contributed by atoms with Gasteiger partial charge in [-0.2, -0.15) is 0 Å². The van der Waals surface area contributed by atoms with E-state index in [0.717, 1.165) is 18.2 Å². The summed E-state index contributed by atoms with van der Waals surface area (Å²) in [7, 11) is 2.99. The van der Waals surface area contributed by atoms with Crippen LogP contribution in [0.3, 0.4) is 0 Å². The van der Waals surface area contributed by atoms with Crippen LogP contribution in [-0.2, 0) is 20.8 Å². The fourth-order valence-electron chi connectivity index (χ4n) is 4.60. The minimum atomic E-state index is -1.23. The van der Waals surface area contributed by atoms with Crippen molar-refractivity contribution >= 4 is 29.3 Å². The maximum atomic E-state index is 13.9. The first-order valence-electron chi connectivity index (χ1n) is 13.0. The number of carbonyl (C=O) groups is 4. The third-order valence-corrected chi connectivity index (χ3v) is 6.80. The number of hydrogen-bond donors (Lipinski definition) is 1. The number of halogens is 3. The van der Waals surface area contributed by atoms with Crippen LogP contribution in [0.1, 0.15) is 15.9 Å². The van der Waals surface area contributed by atoms with Crippen LogP contribution in [0.15, 0.2) is 66.7 Å². The first kappa shape index (κ1) is 30.1. The summed E-state index contributed by atoms with van der Waals surface area (Å²) in [5.41, 5.74) is 0.736. The van der Waals surface area contributed by atoms with Gasteiger partial charge < -0.3 is 24.8 Å². The summed E-state index contributed by atoms with van der Waals surface area (Å²) < 4.78 is 46.4. The van der Waals surface area contributed by atoms with Crippen molar-refractivity contribution in [3.05, 3.63) is 95.3 Å². The fourth-order valence-corrected chi connectivity index (χ4v) is 4.60. The average Bonchev–Trinajstić information content (AvgIpc) is 2.96. The monoisotopic (exact) mass is 582 g/mol. The molecule has 1 N–H and O–H groups in total. The lowest BCUT2D eigenvalue weighted by Gasteiger charge is -2.34. The summed E-state index contributed by atoms with van der Waals surface area (Å²) in [6.07, 6.45) is -0.219. The minimum Gasteiger partial charge on any atom is -0.497 e. The summed E-state index contributed by atoms with van der Waals surface area (Å²) in [6, 6.07) is 13.3. The van der Waals surface area contributed by atoms with Gasteiger partial charge in [0.2, 0.25) is 17.7 Å². The third-order valence-electron chi connectivity index (χ3n) is 6.80. The highest BCUT2D eigenvalue weighted by Gasteiger charge is 2.31. The van der Waals surface area contributed by atoms with Gasteiger partial charge in [-0.05, 0) is 60.2 Å². The smallest absolute Gasteiger partial charge is 0.254 e. The van der Waals surface area contributed by atoms with E-state index in [2.05, 4.69) is 5.32 Å². The molecule has 0 radical (unpaired) electrons. The van der Waals surface area contributed by atoms with Crippen LogP contribution >= 0.6 is 0 Å². The molecular weight excluding hydrogens is 553 g/mol. The lowest BCUT2D eigenvalue weighted by molar-refractivity contribution is -0.139. The van der Waals surface area contributed by atoms with Crippen molar-refractivity contribution in [3.63, 3.8) is 0 Å². The second-order valence-electron chi connectivity index (χ2n) is 9.75. The Balaban J connectivity index is 1.44. The molecule has 12 heteroatoms. The van der Waals surface area contributed by atoms with Crippen LogP contribution in [0.25, 0.3) is 0 Å². The number of likely N-dealkylation sites (N-methyl/N-ethyl adjacent to an activating group) is 1. The molecule has 42 heavy (non-hydrogen) atoms. The number of methoxy groups -OCH3 is 1. The third kappa shape index (κ3) is 7.45. The minimum absolute atomic E-state index is 0.0345. The maximum Gasteiger partial charge on any atom is 0.254 e. The van der Waals surface area contributed by atoms with Gasteiger partial charge in [0.05, 0.1) is 13.7 Å². The van der Waals surface area contributed by atoms with Crippen LogP contribution in [0, 0.1) is 17.5 Å². The van der Waals surface area contributed by atoms with E-state index in [9.17, 15) is 32.3 Å². The largest absolute Gasteiger partial charge is 0.497 e. The summed E-state index contributed by atoms with van der Waals surface area (Å²) in [6.45, 7) is -0.575. The molecular formula is C30H29F3N4O5. The number of piperazine rings is 1. The number of nitrogens with zero attached hydrogens (tertiary/aromatic N) is 3. The molecule has 1 aliphatic rings. The molecule has 1 atom stereocenters. The highest BCUT2D eigenvalue weighted by Crippen LogP contribution is 2.20. The number of nitrogens with one attached hydrogen (secondary N) is 1. The van der Waals surface area contributed by atoms with Crippen molar-refractivity contribution < 1.29 is 37.1 Å². The van der Waals surface area contributed by atoms with Gasteiger partial charge in [-0.3, -0.25) is 19.2 Å². The number of ether oxygens (including phenoxy) is 1. The maximum absolute atomic E-state index is 13.9. The topological polar surface area (TPSA) is 99.3 Å². The molecule has 1 heterocycles. The van der Waals surface area contributed by atoms with Crippen LogP contribution in [0.5, 0.6) is 5.75 Å². The zero-order valence-electron chi connectivity index (χ0n) is 23.0. The Bertz CT molecular complexity index is 1460. The van der Waals surface area contributed by atoms with Crippen LogP contribution in [-0.4, -0.2) is 79.8 Å². The molecule has 0 bridgehead atoms. The first-order valence-corrected chi connectivity index (χ1v) is 13.0. The summed E-state index contributed by atoms with van der Waals surface area (Å²) in [5.74, 6) is -3.92. The molecule has 0 aromatic heterocycles. The Morgan fingerprint density at radius 1 is 0.952 bits per heavy atom. The molecule has 0 saturated carbocycles. The second kappa shape index (κ2) is 13.2. The van der Waals surface area contributed by atoms with E-state index in [4.69, 9.17) is 4.74 Å². The number of benzene rings is 3. The SMILES string of the molecule is COc1ccc(N(C)C(=O)[C@H](Cc2cc(F)cc(F)c2)NC(=O)CN2CCN(C(=O)c3cccc(F)c3)CC2=O)cc1. The quantitative estimate of drug-likeness (QED) is 0.419. The van der Waals surface area contributed by atoms with Gasteiger partial charge >= 0.3 is 0 Å².